The van der Waals surface area contributed by atoms with E-state index in [9.17, 15) is 14.4 Å². The van der Waals surface area contributed by atoms with Crippen LogP contribution in [0.3, 0.4) is 0 Å². The molecule has 4 fully saturated rings. The van der Waals surface area contributed by atoms with Crippen molar-refractivity contribution in [3.05, 3.63) is 12.2 Å². The average Bonchev–Trinajstić information content (AvgIpc) is 3.35. The molecule has 0 radical (unpaired) electrons. The molecule has 2 N–H and O–H groups in total. The highest BCUT2D eigenvalue weighted by Crippen LogP contribution is 2.60. The number of hydrogen-bond acceptors (Lipinski definition) is 4. The first kappa shape index (κ1) is 18.2. The molecule has 2 aliphatic carbocycles. The van der Waals surface area contributed by atoms with Gasteiger partial charge in [0.1, 0.15) is 11.6 Å². The van der Waals surface area contributed by atoms with Crippen LogP contribution in [-0.2, 0) is 19.1 Å². The van der Waals surface area contributed by atoms with Crippen molar-refractivity contribution in [3.8, 4) is 0 Å². The largest absolute Gasteiger partial charge is 0.359 e. The first-order valence-electron chi connectivity index (χ1n) is 10.7. The number of rotatable bonds is 4. The molecule has 2 saturated heterocycles. The Labute approximate surface area is 165 Å². The standard InChI is InChI=1S/C21H29N3O4/c1-20-10-11-21(28-20)15(14(20)17(25)22-2)19(27)24(13-8-9-13)16(21)18(26)23-12-6-4-3-5-7-12/h10-16H,3-9H2,1-2H3,(H,22,25)(H,23,26)/t14-,15+,16-,20-,21+/m1/s1. The summed E-state index contributed by atoms with van der Waals surface area (Å²) >= 11 is 0. The number of carbonyl (C=O) groups is 3. The second kappa shape index (κ2) is 6.05. The van der Waals surface area contributed by atoms with Crippen LogP contribution in [0.4, 0.5) is 0 Å². The van der Waals surface area contributed by atoms with Gasteiger partial charge in [0, 0.05) is 19.1 Å². The number of nitrogens with zero attached hydrogens (tertiary/aromatic N) is 1. The van der Waals surface area contributed by atoms with E-state index in [0.717, 1.165) is 38.5 Å². The minimum Gasteiger partial charge on any atom is -0.359 e. The SMILES string of the molecule is CNC(=O)[C@H]1[C@H]2C(=O)N(C3CC3)[C@H](C(=O)NC3CCCCC3)[C@]23C=C[C@@]1(C)O3. The van der Waals surface area contributed by atoms with Crippen LogP contribution in [0, 0.1) is 11.8 Å². The second-order valence-corrected chi connectivity index (χ2v) is 9.27. The molecule has 5 atom stereocenters. The molecule has 0 aromatic heterocycles. The van der Waals surface area contributed by atoms with Crippen molar-refractivity contribution in [2.75, 3.05) is 7.05 Å². The van der Waals surface area contributed by atoms with Crippen LogP contribution in [0.2, 0.25) is 0 Å². The Morgan fingerprint density at radius 1 is 1.11 bits per heavy atom. The summed E-state index contributed by atoms with van der Waals surface area (Å²) in [5.74, 6) is -1.67. The molecule has 0 aromatic rings. The summed E-state index contributed by atoms with van der Waals surface area (Å²) in [4.78, 5) is 41.4. The van der Waals surface area contributed by atoms with Crippen LogP contribution >= 0.6 is 0 Å². The van der Waals surface area contributed by atoms with Crippen molar-refractivity contribution >= 4 is 17.7 Å². The molecule has 152 valence electrons. The highest BCUT2D eigenvalue weighted by molar-refractivity contribution is 6.00. The van der Waals surface area contributed by atoms with Crippen LogP contribution < -0.4 is 10.6 Å². The molecule has 28 heavy (non-hydrogen) atoms. The topological polar surface area (TPSA) is 87.7 Å². The Balaban J connectivity index is 1.51. The fraction of sp³-hybridized carbons (Fsp3) is 0.762. The molecule has 2 saturated carbocycles. The van der Waals surface area contributed by atoms with Crippen LogP contribution in [0.1, 0.15) is 51.9 Å². The highest BCUT2D eigenvalue weighted by atomic mass is 16.5. The van der Waals surface area contributed by atoms with E-state index in [2.05, 4.69) is 10.6 Å². The van der Waals surface area contributed by atoms with E-state index >= 15 is 0 Å². The molecule has 3 amide bonds. The number of carbonyl (C=O) groups excluding carboxylic acids is 3. The predicted molar refractivity (Wildman–Crippen MR) is 101 cm³/mol. The number of ether oxygens (including phenoxy) is 1. The molecule has 0 unspecified atom stereocenters. The number of hydrogen-bond donors (Lipinski definition) is 2. The Morgan fingerprint density at radius 2 is 1.82 bits per heavy atom. The van der Waals surface area contributed by atoms with Crippen molar-refractivity contribution in [1.29, 1.82) is 0 Å². The van der Waals surface area contributed by atoms with Gasteiger partial charge in [0.05, 0.1) is 17.4 Å². The second-order valence-electron chi connectivity index (χ2n) is 9.27. The van der Waals surface area contributed by atoms with Gasteiger partial charge in [0.25, 0.3) is 0 Å². The number of likely N-dealkylation sites (tertiary alicyclic amines) is 1. The molecule has 5 aliphatic rings. The minimum atomic E-state index is -1.04. The van der Waals surface area contributed by atoms with Crippen molar-refractivity contribution in [3.63, 3.8) is 0 Å². The Bertz CT molecular complexity index is 757. The number of nitrogens with one attached hydrogen (secondary N) is 2. The van der Waals surface area contributed by atoms with E-state index in [-0.39, 0.29) is 29.8 Å². The average molecular weight is 387 g/mol. The van der Waals surface area contributed by atoms with Crippen molar-refractivity contribution in [2.24, 2.45) is 11.8 Å². The van der Waals surface area contributed by atoms with Gasteiger partial charge >= 0.3 is 0 Å². The fourth-order valence-electron chi connectivity index (χ4n) is 6.00. The maximum atomic E-state index is 13.5. The Morgan fingerprint density at radius 3 is 2.46 bits per heavy atom. The Kier molecular flexibility index (Phi) is 3.92. The van der Waals surface area contributed by atoms with Gasteiger partial charge < -0.3 is 20.3 Å². The third kappa shape index (κ3) is 2.34. The smallest absolute Gasteiger partial charge is 0.246 e. The summed E-state index contributed by atoms with van der Waals surface area (Å²) in [6, 6.07) is -0.434. The van der Waals surface area contributed by atoms with Crippen molar-refractivity contribution < 1.29 is 19.1 Å². The van der Waals surface area contributed by atoms with E-state index in [1.807, 2.05) is 19.1 Å². The van der Waals surface area contributed by atoms with E-state index in [1.54, 1.807) is 11.9 Å². The third-order valence-corrected chi connectivity index (χ3v) is 7.40. The molecular formula is C21H29N3O4. The van der Waals surface area contributed by atoms with Gasteiger partial charge in [-0.15, -0.1) is 0 Å². The maximum absolute atomic E-state index is 13.5. The lowest BCUT2D eigenvalue weighted by Gasteiger charge is -2.34. The van der Waals surface area contributed by atoms with Crippen molar-refractivity contribution in [1.82, 2.24) is 15.5 Å². The third-order valence-electron chi connectivity index (χ3n) is 7.40. The lowest BCUT2D eigenvalue weighted by atomic mass is 9.70. The predicted octanol–water partition coefficient (Wildman–Crippen LogP) is 0.884. The fourth-order valence-corrected chi connectivity index (χ4v) is 6.00. The lowest BCUT2D eigenvalue weighted by Crippen LogP contribution is -2.57. The highest BCUT2D eigenvalue weighted by Gasteiger charge is 2.77. The molecule has 7 nitrogen and oxygen atoms in total. The molecule has 3 aliphatic heterocycles. The zero-order valence-electron chi connectivity index (χ0n) is 16.6. The molecule has 0 aromatic carbocycles. The zero-order chi connectivity index (χ0) is 19.7. The van der Waals surface area contributed by atoms with Crippen LogP contribution in [0.15, 0.2) is 12.2 Å². The summed E-state index contributed by atoms with van der Waals surface area (Å²) < 4.78 is 6.41. The van der Waals surface area contributed by atoms with E-state index in [0.29, 0.717) is 0 Å². The summed E-state index contributed by atoms with van der Waals surface area (Å²) in [6.07, 6.45) is 11.0. The number of amides is 3. The van der Waals surface area contributed by atoms with Gasteiger partial charge in [-0.1, -0.05) is 31.4 Å². The molecule has 3 heterocycles. The number of fused-ring (bicyclic) bond motifs is 1. The molecular weight excluding hydrogens is 358 g/mol. The molecule has 7 heteroatoms. The summed E-state index contributed by atoms with van der Waals surface area (Å²) in [5, 5.41) is 5.90. The van der Waals surface area contributed by atoms with E-state index < -0.39 is 29.1 Å². The Hall–Kier alpha value is -1.89. The monoisotopic (exact) mass is 387 g/mol. The quantitative estimate of drug-likeness (QED) is 0.701. The normalized spacial score (nSPS) is 42.0. The summed E-state index contributed by atoms with van der Waals surface area (Å²) in [7, 11) is 1.58. The van der Waals surface area contributed by atoms with Crippen LogP contribution in [-0.4, -0.2) is 59.0 Å². The van der Waals surface area contributed by atoms with E-state index in [4.69, 9.17) is 4.74 Å². The first-order valence-corrected chi connectivity index (χ1v) is 10.7. The lowest BCUT2D eigenvalue weighted by molar-refractivity contribution is -0.145. The van der Waals surface area contributed by atoms with Crippen LogP contribution in [0.25, 0.3) is 0 Å². The molecule has 5 rings (SSSR count). The first-order chi connectivity index (χ1) is 13.4. The van der Waals surface area contributed by atoms with Gasteiger partial charge in [-0.2, -0.15) is 0 Å². The van der Waals surface area contributed by atoms with Crippen LogP contribution in [0.5, 0.6) is 0 Å². The zero-order valence-corrected chi connectivity index (χ0v) is 16.6. The minimum absolute atomic E-state index is 0.0868. The van der Waals surface area contributed by atoms with E-state index in [1.165, 1.54) is 6.42 Å². The van der Waals surface area contributed by atoms with Gasteiger partial charge in [-0.3, -0.25) is 14.4 Å². The van der Waals surface area contributed by atoms with Crippen molar-refractivity contribution in [2.45, 2.75) is 81.2 Å². The van der Waals surface area contributed by atoms with Gasteiger partial charge in [-0.05, 0) is 32.6 Å². The molecule has 1 spiro atoms. The molecule has 2 bridgehead atoms. The van der Waals surface area contributed by atoms with Gasteiger partial charge in [-0.25, -0.2) is 0 Å². The summed E-state index contributed by atoms with van der Waals surface area (Å²) in [5.41, 5.74) is -1.89. The maximum Gasteiger partial charge on any atom is 0.246 e. The van der Waals surface area contributed by atoms with Gasteiger partial charge in [0.15, 0.2) is 0 Å². The summed E-state index contributed by atoms with van der Waals surface area (Å²) in [6.45, 7) is 1.85. The van der Waals surface area contributed by atoms with Gasteiger partial charge in [0.2, 0.25) is 17.7 Å².